The van der Waals surface area contributed by atoms with Crippen molar-refractivity contribution in [3.63, 3.8) is 0 Å². The first-order chi connectivity index (χ1) is 4.63. The number of hydrogen-bond acceptors (Lipinski definition) is 4. The van der Waals surface area contributed by atoms with Crippen LogP contribution in [0, 0.1) is 0 Å². The van der Waals surface area contributed by atoms with Gasteiger partial charge in [-0.05, 0) is 0 Å². The third-order valence-corrected chi connectivity index (χ3v) is 0.803. The molecule has 0 saturated heterocycles. The average molecular weight is 146 g/mol. The normalized spacial score (nSPS) is 9.60. The molecule has 0 bridgehead atoms. The maximum Gasteiger partial charge on any atom is 0.381 e. The number of carboxylic acids is 2. The lowest BCUT2D eigenvalue weighted by atomic mass is 10.3. The van der Waals surface area contributed by atoms with Crippen molar-refractivity contribution in [2.45, 2.75) is 0 Å². The monoisotopic (exact) mass is 146 g/mol. The zero-order valence-corrected chi connectivity index (χ0v) is 4.53. The van der Waals surface area contributed by atoms with Crippen LogP contribution in [0.2, 0.25) is 0 Å². The minimum absolute atomic E-state index is 0.674. The molecule has 0 aliphatic carbocycles. The smallest absolute Gasteiger partial charge is 0.381 e. The van der Waals surface area contributed by atoms with Crippen molar-refractivity contribution in [2.24, 2.45) is 0 Å². The van der Waals surface area contributed by atoms with Crippen molar-refractivity contribution in [3.8, 4) is 0 Å². The van der Waals surface area contributed by atoms with E-state index in [9.17, 15) is 9.59 Å². The molecule has 0 aliphatic rings. The van der Waals surface area contributed by atoms with Gasteiger partial charge in [0.1, 0.15) is 0 Å². The van der Waals surface area contributed by atoms with E-state index < -0.39 is 23.5 Å². The molecule has 0 unspecified atom stereocenters. The number of rotatable bonds is 2. The molecule has 6 heteroatoms. The second kappa shape index (κ2) is 1.90. The second-order valence-electron chi connectivity index (χ2n) is 1.44. The van der Waals surface area contributed by atoms with Gasteiger partial charge in [0.25, 0.3) is 0 Å². The van der Waals surface area contributed by atoms with Crippen molar-refractivity contribution in [3.05, 3.63) is 11.5 Å². The van der Waals surface area contributed by atoms with E-state index in [4.69, 9.17) is 10.2 Å². The van der Waals surface area contributed by atoms with Crippen molar-refractivity contribution >= 4 is 11.9 Å². The predicted octanol–water partition coefficient (Wildman–Crippen LogP) is 0.269. The fourth-order valence-corrected chi connectivity index (χ4v) is 0.391. The summed E-state index contributed by atoms with van der Waals surface area (Å²) in [6, 6.07) is 0. The van der Waals surface area contributed by atoms with E-state index in [1.807, 2.05) is 0 Å². The Kier molecular flexibility index (Phi) is 1.22. The molecule has 1 rings (SSSR count). The van der Waals surface area contributed by atoms with Crippen LogP contribution in [0.1, 0.15) is 21.1 Å². The van der Waals surface area contributed by atoms with Crippen LogP contribution in [0.3, 0.4) is 0 Å². The van der Waals surface area contributed by atoms with Crippen LogP contribution in [0.4, 0.5) is 0 Å². The molecule has 0 spiro atoms. The van der Waals surface area contributed by atoms with Gasteiger partial charge in [0.2, 0.25) is 0 Å². The molecule has 2 N–H and O–H groups in total. The van der Waals surface area contributed by atoms with Crippen LogP contribution < -0.4 is 0 Å². The first kappa shape index (κ1) is 6.40. The van der Waals surface area contributed by atoms with Crippen LogP contribution in [0.25, 0.3) is 0 Å². The highest BCUT2D eigenvalue weighted by atomic mass is 17.0. The summed E-state index contributed by atoms with van der Waals surface area (Å²) in [6.07, 6.45) is 0. The number of hydrogen-bond donors (Lipinski definition) is 2. The SMILES string of the molecule is O=C(O)c1ooc1C(=O)O. The van der Waals surface area contributed by atoms with Crippen molar-refractivity contribution in [1.82, 2.24) is 0 Å². The summed E-state index contributed by atoms with van der Waals surface area (Å²) in [4.78, 5) is 19.9. The predicted molar refractivity (Wildman–Crippen MR) is 24.9 cm³/mol. The summed E-state index contributed by atoms with van der Waals surface area (Å²) < 4.78 is 7.73. The highest BCUT2D eigenvalue weighted by Gasteiger charge is 2.28. The molecule has 0 amide bonds. The molecule has 10 heavy (non-hydrogen) atoms. The minimum Gasteiger partial charge on any atom is -0.475 e. The molecule has 1 aromatic heterocycles. The van der Waals surface area contributed by atoms with Crippen LogP contribution in [-0.2, 0) is 0 Å². The molecular weight excluding hydrogens is 144 g/mol. The maximum atomic E-state index is 9.97. The first-order valence-corrected chi connectivity index (χ1v) is 2.18. The molecule has 0 fully saturated rings. The van der Waals surface area contributed by atoms with Crippen molar-refractivity contribution in [1.29, 1.82) is 0 Å². The van der Waals surface area contributed by atoms with Crippen LogP contribution in [-0.4, -0.2) is 22.2 Å². The van der Waals surface area contributed by atoms with Crippen LogP contribution in [0.5, 0.6) is 0 Å². The van der Waals surface area contributed by atoms with E-state index in [0.29, 0.717) is 0 Å². The molecule has 54 valence electrons. The van der Waals surface area contributed by atoms with Crippen LogP contribution >= 0.6 is 0 Å². The molecule has 0 radical (unpaired) electrons. The molecule has 0 aromatic carbocycles. The molecule has 1 aromatic rings. The minimum atomic E-state index is -1.45. The number of carboxylic acid groups (broad SMARTS) is 2. The third-order valence-electron chi connectivity index (χ3n) is 0.803. The fourth-order valence-electron chi connectivity index (χ4n) is 0.391. The molecule has 1 heterocycles. The third kappa shape index (κ3) is 0.750. The Hall–Kier alpha value is -1.72. The number of aromatic carboxylic acids is 2. The summed E-state index contributed by atoms with van der Waals surface area (Å²) in [6.45, 7) is 0. The van der Waals surface area contributed by atoms with Gasteiger partial charge in [-0.3, -0.25) is 9.15 Å². The lowest BCUT2D eigenvalue weighted by molar-refractivity contribution is -0.0367. The Labute approximate surface area is 53.6 Å². The summed E-state index contributed by atoms with van der Waals surface area (Å²) >= 11 is 0. The second-order valence-corrected chi connectivity index (χ2v) is 1.44. The fraction of sp³-hybridized carbons (Fsp3) is 0. The molecule has 6 nitrogen and oxygen atoms in total. The van der Waals surface area contributed by atoms with Gasteiger partial charge in [-0.25, -0.2) is 9.59 Å². The average Bonchev–Trinajstić information content (AvgIpc) is 1.56. The van der Waals surface area contributed by atoms with E-state index in [2.05, 4.69) is 9.15 Å². The van der Waals surface area contributed by atoms with Gasteiger partial charge in [-0.1, -0.05) is 0 Å². The Morgan fingerprint density at radius 3 is 1.40 bits per heavy atom. The van der Waals surface area contributed by atoms with E-state index in [1.54, 1.807) is 0 Å². The largest absolute Gasteiger partial charge is 0.475 e. The quantitative estimate of drug-likeness (QED) is 0.580. The van der Waals surface area contributed by atoms with E-state index in [0.717, 1.165) is 0 Å². The standard InChI is InChI=1S/C4H2O6/c5-3(6)1-2(4(7)8)10-9-1/h(H,5,6)(H,7,8). The summed E-state index contributed by atoms with van der Waals surface area (Å²) in [5.74, 6) is -4.26. The molecular formula is C4H2O6. The summed E-state index contributed by atoms with van der Waals surface area (Å²) in [5.41, 5.74) is 0. The Morgan fingerprint density at radius 2 is 1.30 bits per heavy atom. The molecule has 0 atom stereocenters. The van der Waals surface area contributed by atoms with Gasteiger partial charge in [0.15, 0.2) is 0 Å². The highest BCUT2D eigenvalue weighted by molar-refractivity contribution is 5.97. The first-order valence-electron chi connectivity index (χ1n) is 2.18. The Bertz CT molecular complexity index is 238. The van der Waals surface area contributed by atoms with Crippen molar-refractivity contribution < 1.29 is 29.0 Å². The van der Waals surface area contributed by atoms with Gasteiger partial charge < -0.3 is 10.2 Å². The van der Waals surface area contributed by atoms with E-state index in [1.165, 1.54) is 0 Å². The zero-order valence-electron chi connectivity index (χ0n) is 4.53. The topological polar surface area (TPSA) is 101 Å². The van der Waals surface area contributed by atoms with Gasteiger partial charge in [0, 0.05) is 0 Å². The van der Waals surface area contributed by atoms with Crippen molar-refractivity contribution in [2.75, 3.05) is 0 Å². The maximum absolute atomic E-state index is 9.97. The van der Waals surface area contributed by atoms with E-state index in [-0.39, 0.29) is 0 Å². The van der Waals surface area contributed by atoms with Gasteiger partial charge >= 0.3 is 23.5 Å². The van der Waals surface area contributed by atoms with Gasteiger partial charge in [-0.2, -0.15) is 0 Å². The number of carbonyl (C=O) groups is 2. The van der Waals surface area contributed by atoms with E-state index >= 15 is 0 Å². The zero-order chi connectivity index (χ0) is 7.72. The van der Waals surface area contributed by atoms with Gasteiger partial charge in [-0.15, -0.1) is 0 Å². The lowest BCUT2D eigenvalue weighted by Crippen LogP contribution is -2.10. The lowest BCUT2D eigenvalue weighted by Gasteiger charge is -1.97. The molecule has 0 saturated carbocycles. The van der Waals surface area contributed by atoms with Crippen LogP contribution in [0.15, 0.2) is 9.15 Å². The summed E-state index contributed by atoms with van der Waals surface area (Å²) in [5, 5.41) is 16.3. The Balaban J connectivity index is 2.92. The summed E-state index contributed by atoms with van der Waals surface area (Å²) in [7, 11) is 0. The van der Waals surface area contributed by atoms with Gasteiger partial charge in [0.05, 0.1) is 0 Å². The Morgan fingerprint density at radius 1 is 1.00 bits per heavy atom. The molecule has 0 aliphatic heterocycles. The highest BCUT2D eigenvalue weighted by Crippen LogP contribution is 2.12.